The maximum Gasteiger partial charge on any atom is 0.257 e. The average molecular weight is 433 g/mol. The molecule has 1 atom stereocenters. The van der Waals surface area contributed by atoms with Gasteiger partial charge in [0.1, 0.15) is 5.88 Å². The maximum absolute atomic E-state index is 12.6. The number of hydrogen-bond donors (Lipinski definition) is 1. The summed E-state index contributed by atoms with van der Waals surface area (Å²) in [7, 11) is 2.05. The molecule has 1 aromatic carbocycles. The first-order valence-corrected chi connectivity index (χ1v) is 10.5. The molecule has 0 aliphatic carbocycles. The lowest BCUT2D eigenvalue weighted by Gasteiger charge is -2.26. The van der Waals surface area contributed by atoms with Crippen molar-refractivity contribution in [3.8, 4) is 0 Å². The zero-order valence-corrected chi connectivity index (χ0v) is 17.7. The largest absolute Gasteiger partial charge is 0.586 e. The van der Waals surface area contributed by atoms with E-state index in [0.717, 1.165) is 37.9 Å². The molecule has 0 spiro atoms. The van der Waals surface area contributed by atoms with E-state index >= 15 is 0 Å². The minimum atomic E-state index is -0.956. The van der Waals surface area contributed by atoms with E-state index in [2.05, 4.69) is 20.8 Å². The van der Waals surface area contributed by atoms with Gasteiger partial charge in [-0.15, -0.1) is 0 Å². The van der Waals surface area contributed by atoms with Gasteiger partial charge in [-0.3, -0.25) is 9.59 Å². The molecule has 1 aromatic heterocycles. The predicted octanol–water partition coefficient (Wildman–Crippen LogP) is 0.456. The van der Waals surface area contributed by atoms with Gasteiger partial charge < -0.3 is 24.9 Å². The van der Waals surface area contributed by atoms with Crippen molar-refractivity contribution in [1.82, 2.24) is 15.5 Å². The van der Waals surface area contributed by atoms with Crippen LogP contribution in [0.4, 0.5) is 5.88 Å². The molecule has 0 unspecified atom stereocenters. The summed E-state index contributed by atoms with van der Waals surface area (Å²) in [5.41, 5.74) is 0.525. The molecule has 1 saturated heterocycles. The molecule has 0 radical (unpaired) electrons. The monoisotopic (exact) mass is 432 g/mol. The topological polar surface area (TPSA) is 114 Å². The van der Waals surface area contributed by atoms with Crippen molar-refractivity contribution in [3.05, 3.63) is 47.4 Å². The van der Waals surface area contributed by atoms with E-state index in [4.69, 9.17) is 4.52 Å². The van der Waals surface area contributed by atoms with Gasteiger partial charge in [-0.1, -0.05) is 42.1 Å². The van der Waals surface area contributed by atoms with E-state index in [1.807, 2.05) is 18.1 Å². The van der Waals surface area contributed by atoms with Gasteiger partial charge in [0.15, 0.2) is 0 Å². The minimum absolute atomic E-state index is 0.0358. The van der Waals surface area contributed by atoms with Crippen LogP contribution in [-0.4, -0.2) is 72.1 Å². The van der Waals surface area contributed by atoms with Crippen molar-refractivity contribution < 1.29 is 23.7 Å². The highest BCUT2D eigenvalue weighted by molar-refractivity contribution is 8.14. The molecule has 160 valence electrons. The second kappa shape index (κ2) is 10.2. The summed E-state index contributed by atoms with van der Waals surface area (Å²) < 4.78 is 5.15. The standard InChI is InChI=1S/C19H24N6O4S/c1-14(26)20-16(13-30-19(28)15-6-4-3-5-7-15)18(27)21-17-12-25(22-29-17)24-10-8-23(2)9-11-24/h3-7,12,16H,8-11,13H2,1-2H3,(H-,20,21,22,26,27)/t16-/m0/s1. The lowest BCUT2D eigenvalue weighted by Crippen LogP contribution is -2.64. The number of nitrogens with one attached hydrogen (secondary N) is 1. The molecular weight excluding hydrogens is 408 g/mol. The third kappa shape index (κ3) is 6.04. The summed E-state index contributed by atoms with van der Waals surface area (Å²) in [6.45, 7) is 4.63. The van der Waals surface area contributed by atoms with Crippen molar-refractivity contribution >= 4 is 34.6 Å². The lowest BCUT2D eigenvalue weighted by atomic mass is 10.2. The number of carbonyl (C=O) groups is 3. The minimum Gasteiger partial charge on any atom is -0.586 e. The smallest absolute Gasteiger partial charge is 0.257 e. The zero-order chi connectivity index (χ0) is 21.5. The van der Waals surface area contributed by atoms with Crippen LogP contribution in [0.25, 0.3) is 5.32 Å². The van der Waals surface area contributed by atoms with E-state index in [-0.39, 0.29) is 22.7 Å². The van der Waals surface area contributed by atoms with E-state index < -0.39 is 11.9 Å². The van der Waals surface area contributed by atoms with Crippen LogP contribution in [0.2, 0.25) is 0 Å². The molecule has 30 heavy (non-hydrogen) atoms. The highest BCUT2D eigenvalue weighted by atomic mass is 32.2. The first-order valence-electron chi connectivity index (χ1n) is 9.49. The number of benzene rings is 1. The molecule has 2 aromatic rings. The van der Waals surface area contributed by atoms with Gasteiger partial charge >= 0.3 is 0 Å². The van der Waals surface area contributed by atoms with E-state index in [1.54, 1.807) is 24.3 Å². The van der Waals surface area contributed by atoms with Crippen LogP contribution in [0.3, 0.4) is 0 Å². The summed E-state index contributed by atoms with van der Waals surface area (Å²) >= 11 is 0.948. The Bertz CT molecular complexity index is 882. The molecule has 1 aliphatic heterocycles. The number of aromatic nitrogens is 2. The summed E-state index contributed by atoms with van der Waals surface area (Å²) in [5.74, 6) is -0.905. The Kier molecular flexibility index (Phi) is 7.41. The highest BCUT2D eigenvalue weighted by Gasteiger charge is 2.23. The number of nitrogens with zero attached hydrogens (tertiary/aromatic N) is 5. The van der Waals surface area contributed by atoms with Gasteiger partial charge in [0.05, 0.1) is 29.8 Å². The number of hydrogen-bond acceptors (Lipinski definition) is 8. The van der Waals surface area contributed by atoms with Crippen LogP contribution in [0, 0.1) is 0 Å². The fourth-order valence-corrected chi connectivity index (χ4v) is 3.68. The van der Waals surface area contributed by atoms with Gasteiger partial charge in [-0.05, 0) is 7.05 Å². The number of carbonyl (C=O) groups excluding carboxylic acids is 3. The number of rotatable bonds is 7. The molecule has 1 aliphatic rings. The molecule has 2 heterocycles. The Hall–Kier alpha value is -2.92. The van der Waals surface area contributed by atoms with Crippen LogP contribution in [0.15, 0.2) is 41.1 Å². The fourth-order valence-electron chi connectivity index (χ4n) is 2.84. The Morgan fingerprint density at radius 2 is 1.93 bits per heavy atom. The summed E-state index contributed by atoms with van der Waals surface area (Å²) in [6.07, 6.45) is 1.52. The Morgan fingerprint density at radius 3 is 2.60 bits per heavy atom. The van der Waals surface area contributed by atoms with Crippen molar-refractivity contribution in [3.63, 3.8) is 0 Å². The molecule has 1 fully saturated rings. The third-order valence-electron chi connectivity index (χ3n) is 4.50. The molecule has 0 saturated carbocycles. The molecule has 0 bridgehead atoms. The molecule has 11 heteroatoms. The van der Waals surface area contributed by atoms with Crippen molar-refractivity contribution in [1.29, 1.82) is 0 Å². The SMILES string of the molecule is CC(=O)N[C@@H](CSC(=O)c1ccccc1)C(=O)[N-]c1c[n+](N2CCN(C)CC2)no1. The number of likely N-dealkylation sites (N-methyl/N-ethyl adjacent to an activating group) is 1. The molecule has 3 rings (SSSR count). The van der Waals surface area contributed by atoms with Gasteiger partial charge in [0, 0.05) is 31.3 Å². The van der Waals surface area contributed by atoms with Crippen LogP contribution in [0.1, 0.15) is 17.3 Å². The molecule has 1 N–H and O–H groups in total. The molecular formula is C19H24N6O4S. The van der Waals surface area contributed by atoms with E-state index in [0.29, 0.717) is 5.56 Å². The maximum atomic E-state index is 12.6. The van der Waals surface area contributed by atoms with Crippen molar-refractivity contribution in [2.45, 2.75) is 13.0 Å². The second-order valence-corrected chi connectivity index (χ2v) is 7.88. The highest BCUT2D eigenvalue weighted by Crippen LogP contribution is 2.19. The van der Waals surface area contributed by atoms with E-state index in [9.17, 15) is 14.4 Å². The Labute approximate surface area is 178 Å². The summed E-state index contributed by atoms with van der Waals surface area (Å²) in [4.78, 5) is 40.1. The summed E-state index contributed by atoms with van der Waals surface area (Å²) in [5, 5.41) is 12.2. The third-order valence-corrected chi connectivity index (χ3v) is 5.50. The number of thioether (sulfide) groups is 1. The lowest BCUT2D eigenvalue weighted by molar-refractivity contribution is -0.759. The second-order valence-electron chi connectivity index (χ2n) is 6.89. The first-order chi connectivity index (χ1) is 14.4. The average Bonchev–Trinajstić information content (AvgIpc) is 3.20. The fraction of sp³-hybridized carbons (Fsp3) is 0.421. The van der Waals surface area contributed by atoms with Crippen molar-refractivity contribution in [2.24, 2.45) is 0 Å². The predicted molar refractivity (Wildman–Crippen MR) is 111 cm³/mol. The molecule has 2 amide bonds. The van der Waals surface area contributed by atoms with Crippen LogP contribution >= 0.6 is 11.8 Å². The van der Waals surface area contributed by atoms with Crippen LogP contribution in [0.5, 0.6) is 0 Å². The zero-order valence-electron chi connectivity index (χ0n) is 16.9. The van der Waals surface area contributed by atoms with Crippen LogP contribution in [-0.2, 0) is 9.59 Å². The number of amides is 2. The quantitative estimate of drug-likeness (QED) is 0.628. The first kappa shape index (κ1) is 21.8. The van der Waals surface area contributed by atoms with Gasteiger partial charge in [0.25, 0.3) is 6.20 Å². The van der Waals surface area contributed by atoms with E-state index in [1.165, 1.54) is 17.9 Å². The Balaban J connectivity index is 1.58. The normalized spacial score (nSPS) is 15.5. The Morgan fingerprint density at radius 1 is 1.23 bits per heavy atom. The van der Waals surface area contributed by atoms with Gasteiger partial charge in [-0.2, -0.15) is 5.01 Å². The van der Waals surface area contributed by atoms with Crippen LogP contribution < -0.4 is 15.1 Å². The van der Waals surface area contributed by atoms with Gasteiger partial charge in [-0.25, -0.2) is 0 Å². The number of piperazine rings is 1. The molecule has 10 nitrogen and oxygen atoms in total. The van der Waals surface area contributed by atoms with Crippen molar-refractivity contribution in [2.75, 3.05) is 44.0 Å². The summed E-state index contributed by atoms with van der Waals surface area (Å²) in [6, 6.07) is 7.78. The van der Waals surface area contributed by atoms with Gasteiger partial charge in [0.2, 0.25) is 16.3 Å².